The van der Waals surface area contributed by atoms with Gasteiger partial charge in [-0.2, -0.15) is 0 Å². The van der Waals surface area contributed by atoms with Gasteiger partial charge in [0.05, 0.1) is 36.5 Å². The van der Waals surface area contributed by atoms with Gasteiger partial charge in [0.1, 0.15) is 24.2 Å². The molecule has 0 aromatic heterocycles. The molecule has 1 N–H and O–H groups in total. The minimum absolute atomic E-state index is 0.0250. The quantitative estimate of drug-likeness (QED) is 0.499. The van der Waals surface area contributed by atoms with Crippen LogP contribution in [-0.2, 0) is 16.0 Å². The van der Waals surface area contributed by atoms with E-state index in [1.807, 2.05) is 31.3 Å². The Kier molecular flexibility index (Phi) is 7.23. The SMILES string of the molecule is COC(=O)Cc1cccc(NC(=O)c2ccc(OC[C@@H]3CN(C)c4ccccc4O3)cc2)c1Cl. The van der Waals surface area contributed by atoms with Gasteiger partial charge in [0, 0.05) is 12.6 Å². The van der Waals surface area contributed by atoms with Gasteiger partial charge in [0.2, 0.25) is 0 Å². The van der Waals surface area contributed by atoms with Gasteiger partial charge in [-0.3, -0.25) is 9.59 Å². The maximum absolute atomic E-state index is 12.7. The number of hydrogen-bond donors (Lipinski definition) is 1. The zero-order valence-corrected chi connectivity index (χ0v) is 19.7. The first kappa shape index (κ1) is 23.4. The van der Waals surface area contributed by atoms with Gasteiger partial charge >= 0.3 is 5.97 Å². The van der Waals surface area contributed by atoms with Gasteiger partial charge in [-0.15, -0.1) is 0 Å². The Morgan fingerprint density at radius 1 is 1.09 bits per heavy atom. The van der Waals surface area contributed by atoms with Crippen molar-refractivity contribution in [2.24, 2.45) is 0 Å². The van der Waals surface area contributed by atoms with E-state index in [0.717, 1.165) is 11.4 Å². The number of para-hydroxylation sites is 2. The highest BCUT2D eigenvalue weighted by Crippen LogP contribution is 2.32. The number of carbonyl (C=O) groups excluding carboxylic acids is 2. The second-order valence-corrected chi connectivity index (χ2v) is 8.29. The molecule has 1 aliphatic heterocycles. The molecule has 0 saturated carbocycles. The lowest BCUT2D eigenvalue weighted by Gasteiger charge is -2.33. The molecule has 176 valence electrons. The number of ether oxygens (including phenoxy) is 3. The summed E-state index contributed by atoms with van der Waals surface area (Å²) in [6, 6.07) is 19.9. The Hall–Kier alpha value is -3.71. The highest BCUT2D eigenvalue weighted by Gasteiger charge is 2.23. The van der Waals surface area contributed by atoms with Crippen molar-refractivity contribution in [1.82, 2.24) is 0 Å². The van der Waals surface area contributed by atoms with Crippen molar-refractivity contribution in [2.45, 2.75) is 12.5 Å². The molecular formula is C26H25ClN2O5. The molecule has 34 heavy (non-hydrogen) atoms. The Balaban J connectivity index is 1.35. The van der Waals surface area contributed by atoms with Crippen molar-refractivity contribution in [2.75, 3.05) is 37.5 Å². The predicted molar refractivity (Wildman–Crippen MR) is 131 cm³/mol. The number of nitrogens with one attached hydrogen (secondary N) is 1. The van der Waals surface area contributed by atoms with E-state index < -0.39 is 5.97 Å². The number of likely N-dealkylation sites (N-methyl/N-ethyl adjacent to an activating group) is 1. The number of benzene rings is 3. The second-order valence-electron chi connectivity index (χ2n) is 7.91. The van der Waals surface area contributed by atoms with Crippen LogP contribution in [0.4, 0.5) is 11.4 Å². The molecule has 0 saturated heterocycles. The first-order valence-corrected chi connectivity index (χ1v) is 11.2. The van der Waals surface area contributed by atoms with E-state index in [-0.39, 0.29) is 18.4 Å². The number of rotatable bonds is 7. The molecule has 1 amide bonds. The van der Waals surface area contributed by atoms with Crippen LogP contribution in [-0.4, -0.2) is 45.3 Å². The van der Waals surface area contributed by atoms with Gasteiger partial charge in [0.15, 0.2) is 0 Å². The zero-order valence-electron chi connectivity index (χ0n) is 18.9. The average molecular weight is 481 g/mol. The number of anilines is 2. The largest absolute Gasteiger partial charge is 0.490 e. The molecule has 0 bridgehead atoms. The molecule has 7 nitrogen and oxygen atoms in total. The minimum atomic E-state index is -0.407. The van der Waals surface area contributed by atoms with Crippen LogP contribution in [0, 0.1) is 0 Å². The fourth-order valence-electron chi connectivity index (χ4n) is 3.71. The molecular weight excluding hydrogens is 456 g/mol. The number of esters is 1. The van der Waals surface area contributed by atoms with Crippen LogP contribution in [0.1, 0.15) is 15.9 Å². The molecule has 0 unspecified atom stereocenters. The van der Waals surface area contributed by atoms with Crippen LogP contribution in [0.15, 0.2) is 66.7 Å². The molecule has 0 spiro atoms. The summed E-state index contributed by atoms with van der Waals surface area (Å²) in [6.07, 6.45) is -0.0840. The topological polar surface area (TPSA) is 77.1 Å². The van der Waals surface area contributed by atoms with E-state index in [2.05, 4.69) is 15.0 Å². The van der Waals surface area contributed by atoms with Gasteiger partial charge in [0.25, 0.3) is 5.91 Å². The number of amides is 1. The van der Waals surface area contributed by atoms with Gasteiger partial charge in [-0.05, 0) is 48.0 Å². The third kappa shape index (κ3) is 5.43. The Morgan fingerprint density at radius 3 is 2.62 bits per heavy atom. The number of carbonyl (C=O) groups is 2. The Labute approximate surface area is 203 Å². The lowest BCUT2D eigenvalue weighted by molar-refractivity contribution is -0.139. The second kappa shape index (κ2) is 10.5. The lowest BCUT2D eigenvalue weighted by atomic mass is 10.1. The lowest BCUT2D eigenvalue weighted by Crippen LogP contribution is -2.41. The predicted octanol–water partition coefficient (Wildman–Crippen LogP) is 4.58. The summed E-state index contributed by atoms with van der Waals surface area (Å²) < 4.78 is 16.6. The van der Waals surface area contributed by atoms with E-state index in [9.17, 15) is 9.59 Å². The highest BCUT2D eigenvalue weighted by atomic mass is 35.5. The van der Waals surface area contributed by atoms with Crippen molar-refractivity contribution in [3.63, 3.8) is 0 Å². The molecule has 3 aromatic carbocycles. The molecule has 8 heteroatoms. The maximum Gasteiger partial charge on any atom is 0.310 e. The first-order chi connectivity index (χ1) is 16.4. The van der Waals surface area contributed by atoms with Crippen LogP contribution in [0.3, 0.4) is 0 Å². The van der Waals surface area contributed by atoms with Crippen molar-refractivity contribution in [1.29, 1.82) is 0 Å². The van der Waals surface area contributed by atoms with E-state index >= 15 is 0 Å². The summed E-state index contributed by atoms with van der Waals surface area (Å²) >= 11 is 6.37. The van der Waals surface area contributed by atoms with Crippen molar-refractivity contribution in [3.05, 3.63) is 82.9 Å². The van der Waals surface area contributed by atoms with Gasteiger partial charge < -0.3 is 24.4 Å². The van der Waals surface area contributed by atoms with Gasteiger partial charge in [-0.1, -0.05) is 35.9 Å². The fraction of sp³-hybridized carbons (Fsp3) is 0.231. The van der Waals surface area contributed by atoms with Crippen LogP contribution in [0.2, 0.25) is 5.02 Å². The normalized spacial score (nSPS) is 14.6. The number of fused-ring (bicyclic) bond motifs is 1. The molecule has 0 fully saturated rings. The third-order valence-electron chi connectivity index (χ3n) is 5.49. The van der Waals surface area contributed by atoms with Crippen LogP contribution < -0.4 is 19.7 Å². The van der Waals surface area contributed by atoms with E-state index in [1.165, 1.54) is 7.11 Å². The maximum atomic E-state index is 12.7. The first-order valence-electron chi connectivity index (χ1n) is 10.8. The van der Waals surface area contributed by atoms with Crippen molar-refractivity contribution >= 4 is 34.9 Å². The minimum Gasteiger partial charge on any atom is -0.490 e. The van der Waals surface area contributed by atoms with Crippen molar-refractivity contribution in [3.8, 4) is 11.5 Å². The molecule has 1 atom stereocenters. The summed E-state index contributed by atoms with van der Waals surface area (Å²) in [4.78, 5) is 26.4. The summed E-state index contributed by atoms with van der Waals surface area (Å²) in [6.45, 7) is 1.10. The molecule has 3 aromatic rings. The summed E-state index contributed by atoms with van der Waals surface area (Å²) in [5, 5.41) is 3.09. The Bertz CT molecular complexity index is 1180. The highest BCUT2D eigenvalue weighted by molar-refractivity contribution is 6.34. The average Bonchev–Trinajstić information content (AvgIpc) is 2.85. The Morgan fingerprint density at radius 2 is 1.85 bits per heavy atom. The number of hydrogen-bond acceptors (Lipinski definition) is 6. The fourth-order valence-corrected chi connectivity index (χ4v) is 3.95. The molecule has 0 aliphatic carbocycles. The van der Waals surface area contributed by atoms with Gasteiger partial charge in [-0.25, -0.2) is 0 Å². The van der Waals surface area contributed by atoms with E-state index in [0.29, 0.717) is 40.7 Å². The number of halogens is 1. The molecule has 4 rings (SSSR count). The summed E-state index contributed by atoms with van der Waals surface area (Å²) in [7, 11) is 3.34. The summed E-state index contributed by atoms with van der Waals surface area (Å²) in [5.74, 6) is 0.749. The van der Waals surface area contributed by atoms with Crippen LogP contribution in [0.5, 0.6) is 11.5 Å². The van der Waals surface area contributed by atoms with E-state index in [4.69, 9.17) is 21.1 Å². The molecule has 1 heterocycles. The summed E-state index contributed by atoms with van der Waals surface area (Å²) in [5.41, 5.74) is 2.51. The third-order valence-corrected chi connectivity index (χ3v) is 5.94. The standard InChI is InChI=1S/C26H25ClN2O5/c1-29-15-20(34-23-9-4-3-8-22(23)29)16-33-19-12-10-17(11-13-19)26(31)28-21-7-5-6-18(25(21)27)14-24(30)32-2/h3-13,20H,14-16H2,1-2H3,(H,28,31)/t20-/m0/s1. The number of methoxy groups -OCH3 is 1. The van der Waals surface area contributed by atoms with E-state index in [1.54, 1.807) is 42.5 Å². The van der Waals surface area contributed by atoms with Crippen LogP contribution in [0.25, 0.3) is 0 Å². The zero-order chi connectivity index (χ0) is 24.1. The molecule has 1 aliphatic rings. The molecule has 0 radical (unpaired) electrons. The van der Waals surface area contributed by atoms with Crippen LogP contribution >= 0.6 is 11.6 Å². The number of nitrogens with zero attached hydrogens (tertiary/aromatic N) is 1. The smallest absolute Gasteiger partial charge is 0.310 e. The monoisotopic (exact) mass is 480 g/mol. The van der Waals surface area contributed by atoms with Crippen molar-refractivity contribution < 1.29 is 23.8 Å².